The van der Waals surface area contributed by atoms with Crippen LogP contribution in [0.15, 0.2) is 42.9 Å². The zero-order valence-electron chi connectivity index (χ0n) is 15.2. The maximum absolute atomic E-state index is 5.22. The number of hydrogen-bond acceptors (Lipinski definition) is 4. The molecule has 2 heterocycles. The predicted octanol–water partition coefficient (Wildman–Crippen LogP) is 3.33. The summed E-state index contributed by atoms with van der Waals surface area (Å²) in [7, 11) is 1.67. The molecule has 3 rings (SSSR count). The lowest BCUT2D eigenvalue weighted by atomic mass is 10.1. The highest BCUT2D eigenvalue weighted by Gasteiger charge is 2.16. The van der Waals surface area contributed by atoms with E-state index < -0.39 is 0 Å². The molecular weight excluding hydrogens is 314 g/mol. The second-order valence-electron chi connectivity index (χ2n) is 6.41. The lowest BCUT2D eigenvalue weighted by Gasteiger charge is -2.22. The molecule has 0 saturated carbocycles. The van der Waals surface area contributed by atoms with Crippen molar-refractivity contribution in [3.63, 3.8) is 0 Å². The monoisotopic (exact) mass is 339 g/mol. The van der Waals surface area contributed by atoms with Crippen LogP contribution in [0.2, 0.25) is 0 Å². The van der Waals surface area contributed by atoms with Gasteiger partial charge in [0.2, 0.25) is 0 Å². The Labute approximate surface area is 148 Å². The highest BCUT2D eigenvalue weighted by Crippen LogP contribution is 2.24. The number of ether oxygens (including phenoxy) is 1. The van der Waals surface area contributed by atoms with E-state index in [1.54, 1.807) is 7.11 Å². The standard InChI is InChI=1S/C19H25N5O/c1-13-9-22-24(12-13)15(3)14(2)20-10-17-11-21-23-19(17)16-5-7-18(25-4)8-6-16/h5-9,11-12,14-15,20H,10H2,1-4H3,(H,21,23). The summed E-state index contributed by atoms with van der Waals surface area (Å²) in [4.78, 5) is 0. The van der Waals surface area contributed by atoms with Gasteiger partial charge in [-0.2, -0.15) is 10.2 Å². The molecule has 132 valence electrons. The largest absolute Gasteiger partial charge is 0.497 e. The smallest absolute Gasteiger partial charge is 0.118 e. The molecule has 2 aromatic heterocycles. The van der Waals surface area contributed by atoms with Crippen LogP contribution in [0.25, 0.3) is 11.3 Å². The molecule has 2 N–H and O–H groups in total. The van der Waals surface area contributed by atoms with Crippen molar-refractivity contribution in [3.05, 3.63) is 54.0 Å². The lowest BCUT2D eigenvalue weighted by molar-refractivity contribution is 0.365. The SMILES string of the molecule is COc1ccc(-c2[nH]ncc2CNC(C)C(C)n2cc(C)cn2)cc1. The second kappa shape index (κ2) is 7.53. The molecule has 0 spiro atoms. The first-order chi connectivity index (χ1) is 12.1. The minimum Gasteiger partial charge on any atom is -0.497 e. The molecule has 25 heavy (non-hydrogen) atoms. The van der Waals surface area contributed by atoms with Gasteiger partial charge in [-0.3, -0.25) is 9.78 Å². The van der Waals surface area contributed by atoms with Crippen LogP contribution >= 0.6 is 0 Å². The van der Waals surface area contributed by atoms with E-state index in [-0.39, 0.29) is 12.1 Å². The van der Waals surface area contributed by atoms with E-state index in [0.29, 0.717) is 0 Å². The summed E-state index contributed by atoms with van der Waals surface area (Å²) in [5.74, 6) is 0.847. The third-order valence-corrected chi connectivity index (χ3v) is 4.58. The number of benzene rings is 1. The molecule has 0 amide bonds. The molecule has 0 aliphatic rings. The zero-order valence-corrected chi connectivity index (χ0v) is 15.2. The van der Waals surface area contributed by atoms with Crippen molar-refractivity contribution in [1.82, 2.24) is 25.3 Å². The van der Waals surface area contributed by atoms with Crippen molar-refractivity contribution < 1.29 is 4.74 Å². The molecule has 1 aromatic carbocycles. The van der Waals surface area contributed by atoms with Gasteiger partial charge in [0.1, 0.15) is 5.75 Å². The fourth-order valence-electron chi connectivity index (χ4n) is 2.78. The van der Waals surface area contributed by atoms with Gasteiger partial charge in [0.25, 0.3) is 0 Å². The Morgan fingerprint density at radius 3 is 2.60 bits per heavy atom. The number of hydrogen-bond donors (Lipinski definition) is 2. The predicted molar refractivity (Wildman–Crippen MR) is 98.6 cm³/mol. The summed E-state index contributed by atoms with van der Waals surface area (Å²) < 4.78 is 7.23. The highest BCUT2D eigenvalue weighted by molar-refractivity contribution is 5.63. The number of aryl methyl sites for hydroxylation is 1. The van der Waals surface area contributed by atoms with Crippen LogP contribution in [0, 0.1) is 6.92 Å². The number of nitrogens with one attached hydrogen (secondary N) is 2. The van der Waals surface area contributed by atoms with Gasteiger partial charge < -0.3 is 10.1 Å². The Balaban J connectivity index is 1.66. The van der Waals surface area contributed by atoms with Crippen molar-refractivity contribution in [1.29, 1.82) is 0 Å². The molecular formula is C19H25N5O. The molecule has 2 unspecified atom stereocenters. The zero-order chi connectivity index (χ0) is 17.8. The van der Waals surface area contributed by atoms with Crippen LogP contribution in [0.1, 0.15) is 31.0 Å². The second-order valence-corrected chi connectivity index (χ2v) is 6.41. The number of aromatic amines is 1. The van der Waals surface area contributed by atoms with E-state index in [2.05, 4.69) is 47.6 Å². The third-order valence-electron chi connectivity index (χ3n) is 4.58. The van der Waals surface area contributed by atoms with E-state index in [1.807, 2.05) is 41.3 Å². The summed E-state index contributed by atoms with van der Waals surface area (Å²) in [6, 6.07) is 8.53. The van der Waals surface area contributed by atoms with Crippen LogP contribution in [0.4, 0.5) is 0 Å². The maximum atomic E-state index is 5.22. The Kier molecular flexibility index (Phi) is 5.19. The fourth-order valence-corrected chi connectivity index (χ4v) is 2.78. The number of nitrogens with zero attached hydrogens (tertiary/aromatic N) is 3. The van der Waals surface area contributed by atoms with E-state index in [1.165, 1.54) is 5.56 Å². The van der Waals surface area contributed by atoms with Gasteiger partial charge in [-0.25, -0.2) is 0 Å². The summed E-state index contributed by atoms with van der Waals surface area (Å²) >= 11 is 0. The summed E-state index contributed by atoms with van der Waals surface area (Å²) in [5, 5.41) is 15.3. The first-order valence-corrected chi connectivity index (χ1v) is 8.49. The topological polar surface area (TPSA) is 67.8 Å². The van der Waals surface area contributed by atoms with E-state index in [0.717, 1.165) is 29.1 Å². The highest BCUT2D eigenvalue weighted by atomic mass is 16.5. The maximum Gasteiger partial charge on any atom is 0.118 e. The summed E-state index contributed by atoms with van der Waals surface area (Å²) in [6.07, 6.45) is 5.84. The molecule has 3 aromatic rings. The number of rotatable bonds is 7. The number of H-pyrrole nitrogens is 1. The molecule has 6 heteroatoms. The average molecular weight is 339 g/mol. The van der Waals surface area contributed by atoms with Crippen LogP contribution in [0.5, 0.6) is 5.75 Å². The summed E-state index contributed by atoms with van der Waals surface area (Å²) in [5.41, 5.74) is 4.44. The minimum absolute atomic E-state index is 0.269. The molecule has 0 aliphatic heterocycles. The van der Waals surface area contributed by atoms with E-state index in [4.69, 9.17) is 4.74 Å². The molecule has 0 radical (unpaired) electrons. The van der Waals surface area contributed by atoms with Gasteiger partial charge in [-0.05, 0) is 50.6 Å². The van der Waals surface area contributed by atoms with Gasteiger partial charge in [0.15, 0.2) is 0 Å². The first kappa shape index (κ1) is 17.2. The van der Waals surface area contributed by atoms with Gasteiger partial charge in [0.05, 0.1) is 31.2 Å². The van der Waals surface area contributed by atoms with Crippen molar-refractivity contribution >= 4 is 0 Å². The van der Waals surface area contributed by atoms with Gasteiger partial charge in [-0.15, -0.1) is 0 Å². The summed E-state index contributed by atoms with van der Waals surface area (Å²) in [6.45, 7) is 7.14. The molecule has 6 nitrogen and oxygen atoms in total. The molecule has 0 saturated heterocycles. The number of aromatic nitrogens is 4. The molecule has 0 fully saturated rings. The Morgan fingerprint density at radius 2 is 1.96 bits per heavy atom. The van der Waals surface area contributed by atoms with Gasteiger partial charge >= 0.3 is 0 Å². The van der Waals surface area contributed by atoms with Crippen LogP contribution < -0.4 is 10.1 Å². The molecule has 0 bridgehead atoms. The molecule has 0 aliphatic carbocycles. The third kappa shape index (κ3) is 3.91. The normalized spacial score (nSPS) is 13.6. The molecule has 2 atom stereocenters. The van der Waals surface area contributed by atoms with Gasteiger partial charge in [-0.1, -0.05) is 0 Å². The van der Waals surface area contributed by atoms with Crippen LogP contribution in [-0.4, -0.2) is 33.1 Å². The van der Waals surface area contributed by atoms with E-state index >= 15 is 0 Å². The minimum atomic E-state index is 0.269. The number of methoxy groups -OCH3 is 1. The van der Waals surface area contributed by atoms with Crippen LogP contribution in [0.3, 0.4) is 0 Å². The Hall–Kier alpha value is -2.60. The van der Waals surface area contributed by atoms with Crippen LogP contribution in [-0.2, 0) is 6.54 Å². The Morgan fingerprint density at radius 1 is 1.20 bits per heavy atom. The quantitative estimate of drug-likeness (QED) is 0.693. The lowest BCUT2D eigenvalue weighted by Crippen LogP contribution is -2.33. The van der Waals surface area contributed by atoms with Crippen molar-refractivity contribution in [2.75, 3.05) is 7.11 Å². The van der Waals surface area contributed by atoms with E-state index in [9.17, 15) is 0 Å². The van der Waals surface area contributed by atoms with Crippen molar-refractivity contribution in [3.8, 4) is 17.0 Å². The van der Waals surface area contributed by atoms with Crippen molar-refractivity contribution in [2.24, 2.45) is 0 Å². The first-order valence-electron chi connectivity index (χ1n) is 8.49. The average Bonchev–Trinajstić information content (AvgIpc) is 3.28. The van der Waals surface area contributed by atoms with Gasteiger partial charge in [0, 0.05) is 29.9 Å². The van der Waals surface area contributed by atoms with Crippen molar-refractivity contribution in [2.45, 2.75) is 39.4 Å². The fraction of sp³-hybridized carbons (Fsp3) is 0.368. The Bertz CT molecular complexity index is 805.